The zero-order valence-corrected chi connectivity index (χ0v) is 37.3. The molecule has 0 saturated heterocycles. The van der Waals surface area contributed by atoms with Crippen molar-refractivity contribution >= 4 is 13.8 Å². The second-order valence-corrected chi connectivity index (χ2v) is 18.2. The zero-order chi connectivity index (χ0) is 39.9. The number of unbranched alkanes of at least 4 members (excludes halogenated alkanes) is 27. The molecule has 0 radical (unpaired) electrons. The minimum absolute atomic E-state index is 0.0291. The van der Waals surface area contributed by atoms with Gasteiger partial charge in [0.15, 0.2) is 0 Å². The van der Waals surface area contributed by atoms with Crippen LogP contribution in [0.4, 0.5) is 0 Å². The van der Waals surface area contributed by atoms with E-state index in [1.807, 2.05) is 21.1 Å². The van der Waals surface area contributed by atoms with E-state index >= 15 is 0 Å². The first kappa shape index (κ1) is 53.2. The number of hydrogen-bond acceptors (Lipinski definition) is 7. The van der Waals surface area contributed by atoms with Gasteiger partial charge < -0.3 is 27.9 Å². The molecule has 0 fully saturated rings. The lowest BCUT2D eigenvalue weighted by atomic mass is 10.0. The van der Waals surface area contributed by atoms with Gasteiger partial charge in [0.2, 0.25) is 0 Å². The molecule has 0 saturated carbocycles. The molecule has 0 aliphatic carbocycles. The van der Waals surface area contributed by atoms with Crippen LogP contribution < -0.4 is 4.89 Å². The first-order chi connectivity index (χ1) is 26.1. The highest BCUT2D eigenvalue weighted by Crippen LogP contribution is 2.38. The number of quaternary nitrogens is 1. The van der Waals surface area contributed by atoms with Crippen LogP contribution in [-0.2, 0) is 27.9 Å². The van der Waals surface area contributed by atoms with Crippen molar-refractivity contribution in [1.29, 1.82) is 0 Å². The van der Waals surface area contributed by atoms with Crippen molar-refractivity contribution in [2.24, 2.45) is 0 Å². The second kappa shape index (κ2) is 39.1. The number of esters is 1. The minimum Gasteiger partial charge on any atom is -0.756 e. The summed E-state index contributed by atoms with van der Waals surface area (Å²) in [7, 11) is 1.37. The highest BCUT2D eigenvalue weighted by atomic mass is 31.2. The predicted molar refractivity (Wildman–Crippen MR) is 227 cm³/mol. The zero-order valence-electron chi connectivity index (χ0n) is 36.4. The van der Waals surface area contributed by atoms with Crippen molar-refractivity contribution in [3.05, 3.63) is 12.2 Å². The molecule has 0 bridgehead atoms. The van der Waals surface area contributed by atoms with Gasteiger partial charge >= 0.3 is 5.97 Å². The van der Waals surface area contributed by atoms with E-state index in [2.05, 4.69) is 26.0 Å². The Kier molecular flexibility index (Phi) is 38.5. The quantitative estimate of drug-likeness (QED) is 0.0200. The Morgan fingerprint density at radius 3 is 1.41 bits per heavy atom. The van der Waals surface area contributed by atoms with E-state index in [1.165, 1.54) is 161 Å². The van der Waals surface area contributed by atoms with E-state index in [0.717, 1.165) is 32.1 Å². The Morgan fingerprint density at radius 1 is 0.556 bits per heavy atom. The molecule has 0 aromatic rings. The number of carbonyl (C=O) groups excluding carboxylic acids is 1. The van der Waals surface area contributed by atoms with Gasteiger partial charge in [0.1, 0.15) is 19.3 Å². The van der Waals surface area contributed by atoms with Crippen LogP contribution in [0.1, 0.15) is 213 Å². The van der Waals surface area contributed by atoms with Gasteiger partial charge in [0.25, 0.3) is 7.82 Å². The molecule has 0 aliphatic heterocycles. The largest absolute Gasteiger partial charge is 0.756 e. The number of carbonyl (C=O) groups is 1. The highest BCUT2D eigenvalue weighted by Gasteiger charge is 2.20. The van der Waals surface area contributed by atoms with Crippen molar-refractivity contribution in [2.75, 3.05) is 54.1 Å². The average molecular weight is 788 g/mol. The maximum Gasteiger partial charge on any atom is 0.306 e. The van der Waals surface area contributed by atoms with Crippen LogP contribution >= 0.6 is 7.82 Å². The molecule has 0 aromatic carbocycles. The summed E-state index contributed by atoms with van der Waals surface area (Å²) in [6, 6.07) is 0. The summed E-state index contributed by atoms with van der Waals surface area (Å²) in [5.74, 6) is -0.332. The summed E-state index contributed by atoms with van der Waals surface area (Å²) < 4.78 is 34.5. The SMILES string of the molecule is CCCCCCCCCC/C=C\CCCCCCCCCCCCCC(=O)OC(COCCCCCCCCCCC)COP(=O)([O-])OCC[N+](C)(C)C. The number of ether oxygens (including phenoxy) is 2. The molecular formula is C45H90NO7P. The van der Waals surface area contributed by atoms with Crippen LogP contribution in [0.25, 0.3) is 0 Å². The molecule has 54 heavy (non-hydrogen) atoms. The van der Waals surface area contributed by atoms with Crippen LogP contribution in [0, 0.1) is 0 Å². The van der Waals surface area contributed by atoms with E-state index in [9.17, 15) is 14.3 Å². The van der Waals surface area contributed by atoms with Crippen LogP contribution in [0.5, 0.6) is 0 Å². The molecule has 0 N–H and O–H groups in total. The fraction of sp³-hybridized carbons (Fsp3) is 0.933. The molecule has 2 atom stereocenters. The van der Waals surface area contributed by atoms with Crippen LogP contribution in [0.3, 0.4) is 0 Å². The van der Waals surface area contributed by atoms with Gasteiger partial charge in [-0.1, -0.05) is 180 Å². The molecule has 0 amide bonds. The van der Waals surface area contributed by atoms with Gasteiger partial charge in [-0.2, -0.15) is 0 Å². The van der Waals surface area contributed by atoms with E-state index in [1.54, 1.807) is 0 Å². The predicted octanol–water partition coefficient (Wildman–Crippen LogP) is 12.8. The second-order valence-electron chi connectivity index (χ2n) is 16.8. The van der Waals surface area contributed by atoms with E-state index in [4.69, 9.17) is 18.5 Å². The standard InChI is InChI=1S/C45H90NO7P/c1-6-8-10-12-14-16-17-18-19-20-21-22-23-24-25-26-27-28-29-30-32-34-36-38-45(47)53-44(43-52-54(48,49)51-41-39-46(3,4)5)42-50-40-37-35-33-31-15-13-11-9-7-2/h20-21,44H,6-19,22-43H2,1-5H3/b21-20-. The van der Waals surface area contributed by atoms with Gasteiger partial charge in [-0.3, -0.25) is 9.36 Å². The topological polar surface area (TPSA) is 94.1 Å². The van der Waals surface area contributed by atoms with Crippen molar-refractivity contribution in [2.45, 2.75) is 219 Å². The third kappa shape index (κ3) is 42.4. The Morgan fingerprint density at radius 2 is 0.963 bits per heavy atom. The first-order valence-corrected chi connectivity index (χ1v) is 24.4. The van der Waals surface area contributed by atoms with Crippen molar-refractivity contribution < 1.29 is 37.3 Å². The smallest absolute Gasteiger partial charge is 0.306 e. The van der Waals surface area contributed by atoms with Gasteiger partial charge in [-0.25, -0.2) is 0 Å². The number of phosphoric acid groups is 1. The number of nitrogens with zero attached hydrogens (tertiary/aromatic N) is 1. The maximum absolute atomic E-state index is 12.7. The van der Waals surface area contributed by atoms with E-state index < -0.39 is 13.9 Å². The number of phosphoric ester groups is 1. The summed E-state index contributed by atoms with van der Waals surface area (Å²) in [6.07, 6.45) is 42.3. The van der Waals surface area contributed by atoms with Crippen LogP contribution in [0.15, 0.2) is 12.2 Å². The molecule has 0 heterocycles. The summed E-state index contributed by atoms with van der Waals surface area (Å²) >= 11 is 0. The lowest BCUT2D eigenvalue weighted by molar-refractivity contribution is -0.870. The van der Waals surface area contributed by atoms with Crippen LogP contribution in [0.2, 0.25) is 0 Å². The Hall–Kier alpha value is -0.760. The third-order valence-corrected chi connectivity index (χ3v) is 11.0. The molecule has 2 unspecified atom stereocenters. The van der Waals surface area contributed by atoms with Crippen molar-refractivity contribution in [3.63, 3.8) is 0 Å². The van der Waals surface area contributed by atoms with Gasteiger partial charge in [0, 0.05) is 13.0 Å². The molecule has 0 aliphatic rings. The van der Waals surface area contributed by atoms with Crippen molar-refractivity contribution in [3.8, 4) is 0 Å². The number of likely N-dealkylation sites (N-methyl/N-ethyl adjacent to an activating group) is 1. The normalized spacial score (nSPS) is 13.8. The monoisotopic (exact) mass is 788 g/mol. The van der Waals surface area contributed by atoms with Gasteiger partial charge in [0.05, 0.1) is 34.4 Å². The first-order valence-electron chi connectivity index (χ1n) is 22.9. The van der Waals surface area contributed by atoms with E-state index in [0.29, 0.717) is 24.1 Å². The summed E-state index contributed by atoms with van der Waals surface area (Å²) in [5, 5.41) is 0. The molecule has 0 rings (SSSR count). The molecule has 0 spiro atoms. The Balaban J connectivity index is 4.04. The van der Waals surface area contributed by atoms with Gasteiger partial charge in [-0.15, -0.1) is 0 Å². The summed E-state index contributed by atoms with van der Waals surface area (Å²) in [6.45, 7) is 5.43. The number of allylic oxidation sites excluding steroid dienone is 2. The molecule has 8 nitrogen and oxygen atoms in total. The molecular weight excluding hydrogens is 697 g/mol. The fourth-order valence-corrected chi connectivity index (χ4v) is 7.21. The number of hydrogen-bond donors (Lipinski definition) is 0. The number of rotatable bonds is 43. The summed E-state index contributed by atoms with van der Waals surface area (Å²) in [4.78, 5) is 25.0. The average Bonchev–Trinajstić information content (AvgIpc) is 3.12. The highest BCUT2D eigenvalue weighted by molar-refractivity contribution is 7.45. The lowest BCUT2D eigenvalue weighted by Gasteiger charge is -2.28. The van der Waals surface area contributed by atoms with Gasteiger partial charge in [-0.05, 0) is 38.5 Å². The molecule has 9 heteroatoms. The van der Waals surface area contributed by atoms with Crippen molar-refractivity contribution in [1.82, 2.24) is 0 Å². The third-order valence-electron chi connectivity index (χ3n) is 10.1. The minimum atomic E-state index is -4.51. The molecule has 322 valence electrons. The summed E-state index contributed by atoms with van der Waals surface area (Å²) in [5.41, 5.74) is 0. The van der Waals surface area contributed by atoms with E-state index in [-0.39, 0.29) is 25.8 Å². The van der Waals surface area contributed by atoms with Crippen LogP contribution in [-0.4, -0.2) is 70.7 Å². The maximum atomic E-state index is 12.7. The Labute approximate surface area is 335 Å². The lowest BCUT2D eigenvalue weighted by Crippen LogP contribution is -2.37. The Bertz CT molecular complexity index is 879. The molecule has 0 aromatic heterocycles. The fourth-order valence-electron chi connectivity index (χ4n) is 6.48.